The highest BCUT2D eigenvalue weighted by Gasteiger charge is 2.31. The predicted molar refractivity (Wildman–Crippen MR) is 122 cm³/mol. The second kappa shape index (κ2) is 13.4. The molecule has 3 N–H and O–H groups in total. The Morgan fingerprint density at radius 2 is 1.54 bits per heavy atom. The Balaban J connectivity index is 2.07. The number of ether oxygens (including phenoxy) is 1. The highest BCUT2D eigenvalue weighted by atomic mass is 19.2. The fraction of sp³-hybridized carbons (Fsp3) is 0.360. The third-order valence-corrected chi connectivity index (χ3v) is 5.26. The van der Waals surface area contributed by atoms with Crippen molar-refractivity contribution in [2.24, 2.45) is 5.92 Å². The molecule has 0 aromatic heterocycles. The summed E-state index contributed by atoms with van der Waals surface area (Å²) in [6.07, 6.45) is -0.458. The van der Waals surface area contributed by atoms with Gasteiger partial charge in [-0.25, -0.2) is 8.78 Å². The van der Waals surface area contributed by atoms with Crippen LogP contribution in [0.4, 0.5) is 17.6 Å². The van der Waals surface area contributed by atoms with Crippen molar-refractivity contribution in [1.82, 2.24) is 10.6 Å². The molecule has 2 atom stereocenters. The monoisotopic (exact) mass is 526 g/mol. The third-order valence-electron chi connectivity index (χ3n) is 5.26. The van der Waals surface area contributed by atoms with Gasteiger partial charge in [-0.1, -0.05) is 44.2 Å². The molecule has 2 amide bonds. The van der Waals surface area contributed by atoms with Gasteiger partial charge in [-0.15, -0.1) is 0 Å². The van der Waals surface area contributed by atoms with Crippen molar-refractivity contribution in [3.8, 4) is 5.75 Å². The van der Waals surface area contributed by atoms with Crippen LogP contribution in [0.5, 0.6) is 5.75 Å². The first-order valence-electron chi connectivity index (χ1n) is 11.2. The van der Waals surface area contributed by atoms with Crippen LogP contribution in [0.2, 0.25) is 0 Å². The molecule has 12 heteroatoms. The molecule has 0 radical (unpaired) electrons. The maximum atomic E-state index is 13.8. The van der Waals surface area contributed by atoms with E-state index in [9.17, 15) is 36.7 Å². The fourth-order valence-electron chi connectivity index (χ4n) is 3.29. The number of aliphatic carboxylic acids is 1. The number of carboxylic acid groups (broad SMARTS) is 1. The maximum Gasteiger partial charge on any atom is 0.305 e. The fourth-order valence-corrected chi connectivity index (χ4v) is 3.29. The number of carbonyl (C=O) groups is 4. The van der Waals surface area contributed by atoms with E-state index in [0.717, 1.165) is 5.56 Å². The number of amides is 2. The van der Waals surface area contributed by atoms with E-state index >= 15 is 0 Å². The van der Waals surface area contributed by atoms with E-state index in [2.05, 4.69) is 15.4 Å². The Labute approximate surface area is 210 Å². The first-order valence-corrected chi connectivity index (χ1v) is 11.2. The van der Waals surface area contributed by atoms with Crippen LogP contribution in [0.25, 0.3) is 0 Å². The lowest BCUT2D eigenvalue weighted by Crippen LogP contribution is -2.54. The quantitative estimate of drug-likeness (QED) is 0.273. The number of carbonyl (C=O) groups excluding carboxylic acids is 3. The van der Waals surface area contributed by atoms with E-state index in [1.807, 2.05) is 30.3 Å². The number of aryl methyl sites for hydroxylation is 1. The summed E-state index contributed by atoms with van der Waals surface area (Å²) in [7, 11) is 0. The lowest BCUT2D eigenvalue weighted by atomic mass is 10.0. The average Bonchev–Trinajstić information content (AvgIpc) is 2.84. The standard InChI is InChI=1S/C25H26F4N2O6/c1-13(2)23(31-19(33)9-8-14-6-4-3-5-7-14)25(36)30-17(11-20(34)35)18(32)12-37-24-21(28)15(26)10-16(27)22(24)29/h3-7,10,13,17,23H,8-9,11-12H2,1-2H3,(H,30,36)(H,31,33)(H,34,35)/t17-,23-/m0/s1. The summed E-state index contributed by atoms with van der Waals surface area (Å²) < 4.78 is 58.8. The van der Waals surface area contributed by atoms with Crippen molar-refractivity contribution in [3.63, 3.8) is 0 Å². The number of rotatable bonds is 13. The number of benzene rings is 2. The first-order chi connectivity index (χ1) is 17.4. The molecule has 8 nitrogen and oxygen atoms in total. The summed E-state index contributed by atoms with van der Waals surface area (Å²) >= 11 is 0. The van der Waals surface area contributed by atoms with Gasteiger partial charge in [-0.05, 0) is 17.9 Å². The SMILES string of the molecule is CC(C)[C@H](NC(=O)CCc1ccccc1)C(=O)N[C@@H](CC(=O)O)C(=O)COc1c(F)c(F)cc(F)c1F. The van der Waals surface area contributed by atoms with Gasteiger partial charge in [0.05, 0.1) is 6.42 Å². The third kappa shape index (κ3) is 8.58. The minimum atomic E-state index is -1.89. The summed E-state index contributed by atoms with van der Waals surface area (Å²) in [6, 6.07) is 6.21. The van der Waals surface area contributed by atoms with Gasteiger partial charge in [0.1, 0.15) is 18.7 Å². The summed E-state index contributed by atoms with van der Waals surface area (Å²) in [5, 5.41) is 13.9. The van der Waals surface area contributed by atoms with E-state index < -0.39 is 83.6 Å². The second-order valence-corrected chi connectivity index (χ2v) is 8.49. The molecule has 2 aromatic rings. The first kappa shape index (κ1) is 29.3. The Morgan fingerprint density at radius 1 is 0.946 bits per heavy atom. The van der Waals surface area contributed by atoms with Gasteiger partial charge in [-0.2, -0.15) is 8.78 Å². The minimum Gasteiger partial charge on any atom is -0.481 e. The van der Waals surface area contributed by atoms with Crippen molar-refractivity contribution < 1.29 is 46.6 Å². The zero-order valence-electron chi connectivity index (χ0n) is 20.0. The summed E-state index contributed by atoms with van der Waals surface area (Å²) in [5.74, 6) is -13.2. The zero-order chi connectivity index (χ0) is 27.7. The molecule has 2 rings (SSSR count). The van der Waals surface area contributed by atoms with Crippen molar-refractivity contribution in [1.29, 1.82) is 0 Å². The molecule has 0 spiro atoms. The highest BCUT2D eigenvalue weighted by Crippen LogP contribution is 2.26. The molecule has 0 bridgehead atoms. The minimum absolute atomic E-state index is 0.0486. The van der Waals surface area contributed by atoms with Crippen LogP contribution in [0.1, 0.15) is 32.3 Å². The van der Waals surface area contributed by atoms with Gasteiger partial charge >= 0.3 is 5.97 Å². The maximum absolute atomic E-state index is 13.8. The molecule has 0 unspecified atom stereocenters. The van der Waals surface area contributed by atoms with Crippen LogP contribution in [0, 0.1) is 29.2 Å². The predicted octanol–water partition coefficient (Wildman–Crippen LogP) is 2.92. The molecule has 37 heavy (non-hydrogen) atoms. The van der Waals surface area contributed by atoms with Crippen molar-refractivity contribution in [2.75, 3.05) is 6.61 Å². The summed E-state index contributed by atoms with van der Waals surface area (Å²) in [5.41, 5.74) is 0.904. The molecular formula is C25H26F4N2O6. The smallest absolute Gasteiger partial charge is 0.305 e. The average molecular weight is 526 g/mol. The van der Waals surface area contributed by atoms with Crippen molar-refractivity contribution in [2.45, 2.75) is 45.2 Å². The van der Waals surface area contributed by atoms with Crippen LogP contribution in [-0.4, -0.2) is 47.4 Å². The van der Waals surface area contributed by atoms with Crippen LogP contribution in [-0.2, 0) is 25.6 Å². The molecule has 0 aliphatic rings. The van der Waals surface area contributed by atoms with E-state index in [-0.39, 0.29) is 12.5 Å². The van der Waals surface area contributed by atoms with Gasteiger partial charge in [0.25, 0.3) is 0 Å². The lowest BCUT2D eigenvalue weighted by Gasteiger charge is -2.24. The second-order valence-electron chi connectivity index (χ2n) is 8.49. The van der Waals surface area contributed by atoms with Gasteiger partial charge in [0, 0.05) is 12.5 Å². The summed E-state index contributed by atoms with van der Waals surface area (Å²) in [4.78, 5) is 49.0. The molecule has 200 valence electrons. The molecule has 0 heterocycles. The van der Waals surface area contributed by atoms with Gasteiger partial charge < -0.3 is 20.5 Å². The van der Waals surface area contributed by atoms with Gasteiger partial charge in [-0.3, -0.25) is 19.2 Å². The number of hydrogen-bond acceptors (Lipinski definition) is 5. The van der Waals surface area contributed by atoms with Crippen molar-refractivity contribution in [3.05, 3.63) is 65.2 Å². The van der Waals surface area contributed by atoms with Crippen molar-refractivity contribution >= 4 is 23.6 Å². The molecular weight excluding hydrogens is 500 g/mol. The number of Topliss-reactive ketones (excluding diaryl/α,β-unsaturated/α-hetero) is 1. The molecule has 0 saturated heterocycles. The van der Waals surface area contributed by atoms with E-state index in [4.69, 9.17) is 5.11 Å². The number of halogens is 4. The van der Waals surface area contributed by atoms with E-state index in [1.54, 1.807) is 13.8 Å². The number of nitrogens with one attached hydrogen (secondary N) is 2. The van der Waals surface area contributed by atoms with Crippen LogP contribution in [0.15, 0.2) is 36.4 Å². The lowest BCUT2D eigenvalue weighted by molar-refractivity contribution is -0.141. The summed E-state index contributed by atoms with van der Waals surface area (Å²) in [6.45, 7) is 2.02. The normalized spacial score (nSPS) is 12.5. The topological polar surface area (TPSA) is 122 Å². The molecule has 0 saturated carbocycles. The number of carboxylic acids is 1. The Morgan fingerprint density at radius 3 is 2.08 bits per heavy atom. The Kier molecular flexibility index (Phi) is 10.6. The van der Waals surface area contributed by atoms with Crippen LogP contribution >= 0.6 is 0 Å². The number of hydrogen-bond donors (Lipinski definition) is 3. The van der Waals surface area contributed by atoms with E-state index in [0.29, 0.717) is 6.42 Å². The largest absolute Gasteiger partial charge is 0.481 e. The van der Waals surface area contributed by atoms with Gasteiger partial charge in [0.2, 0.25) is 23.4 Å². The molecule has 0 aliphatic carbocycles. The van der Waals surface area contributed by atoms with E-state index in [1.165, 1.54) is 0 Å². The number of ketones is 1. The molecule has 0 fully saturated rings. The van der Waals surface area contributed by atoms with Gasteiger partial charge in [0.15, 0.2) is 23.2 Å². The van der Waals surface area contributed by atoms with Crippen LogP contribution < -0.4 is 15.4 Å². The Hall–Kier alpha value is -3.96. The highest BCUT2D eigenvalue weighted by molar-refractivity contribution is 5.95. The zero-order valence-corrected chi connectivity index (χ0v) is 20.0. The van der Waals surface area contributed by atoms with Crippen LogP contribution in [0.3, 0.4) is 0 Å². The molecule has 0 aliphatic heterocycles. The Bertz CT molecular complexity index is 1120. The molecule has 2 aromatic carbocycles.